The lowest BCUT2D eigenvalue weighted by atomic mass is 10.1. The largest absolute Gasteiger partial charge is 0.360 e. The number of carbonyl (C=O) groups is 1. The van der Waals surface area contributed by atoms with E-state index >= 15 is 0 Å². The van der Waals surface area contributed by atoms with Crippen molar-refractivity contribution in [1.29, 1.82) is 0 Å². The summed E-state index contributed by atoms with van der Waals surface area (Å²) in [7, 11) is 0. The van der Waals surface area contributed by atoms with E-state index in [1.54, 1.807) is 0 Å². The number of hydrogen-bond acceptors (Lipinski definition) is 5. The molecule has 1 saturated heterocycles. The van der Waals surface area contributed by atoms with Gasteiger partial charge in [-0.25, -0.2) is 0 Å². The molecule has 0 radical (unpaired) electrons. The Morgan fingerprint density at radius 2 is 2.10 bits per heavy atom. The van der Waals surface area contributed by atoms with Crippen LogP contribution in [-0.2, 0) is 11.3 Å². The molecule has 20 heavy (non-hydrogen) atoms. The van der Waals surface area contributed by atoms with E-state index in [0.29, 0.717) is 6.54 Å². The summed E-state index contributed by atoms with van der Waals surface area (Å²) in [5.41, 5.74) is 6.42. The van der Waals surface area contributed by atoms with Gasteiger partial charge in [0.25, 0.3) is 0 Å². The SMILES string of the molecule is Cc1cc(CN2CCN(C(=O)C3(CN)CC3)CC2)on1. The van der Waals surface area contributed by atoms with Crippen LogP contribution in [0.25, 0.3) is 0 Å². The number of piperazine rings is 1. The number of amides is 1. The molecule has 2 heterocycles. The first-order valence-electron chi connectivity index (χ1n) is 7.27. The van der Waals surface area contributed by atoms with Crippen LogP contribution < -0.4 is 5.73 Å². The van der Waals surface area contributed by atoms with E-state index in [9.17, 15) is 4.79 Å². The van der Waals surface area contributed by atoms with Gasteiger partial charge in [0.2, 0.25) is 5.91 Å². The molecular weight excluding hydrogens is 256 g/mol. The van der Waals surface area contributed by atoms with Crippen LogP contribution in [0.1, 0.15) is 24.3 Å². The van der Waals surface area contributed by atoms with Crippen LogP contribution in [0, 0.1) is 12.3 Å². The van der Waals surface area contributed by atoms with E-state index < -0.39 is 0 Å². The van der Waals surface area contributed by atoms with Gasteiger partial charge in [0, 0.05) is 38.8 Å². The maximum absolute atomic E-state index is 12.4. The molecule has 0 spiro atoms. The molecule has 1 saturated carbocycles. The average Bonchev–Trinajstić information content (AvgIpc) is 3.17. The Morgan fingerprint density at radius 3 is 2.60 bits per heavy atom. The quantitative estimate of drug-likeness (QED) is 0.861. The Kier molecular flexibility index (Phi) is 3.52. The Labute approximate surface area is 118 Å². The van der Waals surface area contributed by atoms with Crippen LogP contribution in [0.3, 0.4) is 0 Å². The van der Waals surface area contributed by atoms with Crippen molar-refractivity contribution in [1.82, 2.24) is 15.0 Å². The van der Waals surface area contributed by atoms with Gasteiger partial charge >= 0.3 is 0 Å². The highest BCUT2D eigenvalue weighted by molar-refractivity contribution is 5.85. The maximum atomic E-state index is 12.4. The van der Waals surface area contributed by atoms with Crippen molar-refractivity contribution in [2.75, 3.05) is 32.7 Å². The highest BCUT2D eigenvalue weighted by Gasteiger charge is 2.50. The van der Waals surface area contributed by atoms with Crippen LogP contribution in [0.4, 0.5) is 0 Å². The number of nitrogens with two attached hydrogens (primary N) is 1. The normalized spacial score (nSPS) is 22.0. The molecule has 0 aromatic carbocycles. The van der Waals surface area contributed by atoms with E-state index in [1.165, 1.54) is 0 Å². The van der Waals surface area contributed by atoms with Crippen LogP contribution in [0.2, 0.25) is 0 Å². The summed E-state index contributed by atoms with van der Waals surface area (Å²) < 4.78 is 5.23. The zero-order chi connectivity index (χ0) is 14.2. The van der Waals surface area contributed by atoms with Crippen LogP contribution >= 0.6 is 0 Å². The highest BCUT2D eigenvalue weighted by atomic mass is 16.5. The van der Waals surface area contributed by atoms with Gasteiger partial charge in [-0.05, 0) is 19.8 Å². The van der Waals surface area contributed by atoms with Crippen molar-refractivity contribution in [3.63, 3.8) is 0 Å². The zero-order valence-corrected chi connectivity index (χ0v) is 12.0. The fourth-order valence-corrected chi connectivity index (χ4v) is 2.81. The van der Waals surface area contributed by atoms with Gasteiger partial charge in [0.15, 0.2) is 5.76 Å². The number of aryl methyl sites for hydroxylation is 1. The Balaban J connectivity index is 1.51. The lowest BCUT2D eigenvalue weighted by Crippen LogP contribution is -2.51. The lowest BCUT2D eigenvalue weighted by Gasteiger charge is -2.36. The number of carbonyl (C=O) groups excluding carboxylic acids is 1. The standard InChI is InChI=1S/C14H22N4O2/c1-11-8-12(20-16-11)9-17-4-6-18(7-5-17)13(19)14(10-15)2-3-14/h8H,2-7,9-10,15H2,1H3. The minimum Gasteiger partial charge on any atom is -0.360 e. The molecule has 1 amide bonds. The maximum Gasteiger partial charge on any atom is 0.230 e. The number of rotatable bonds is 4. The van der Waals surface area contributed by atoms with Crippen LogP contribution in [0.5, 0.6) is 0 Å². The van der Waals surface area contributed by atoms with Crippen molar-refractivity contribution in [3.8, 4) is 0 Å². The fourth-order valence-electron chi connectivity index (χ4n) is 2.81. The average molecular weight is 278 g/mol. The first-order chi connectivity index (χ1) is 9.63. The van der Waals surface area contributed by atoms with Crippen molar-refractivity contribution < 1.29 is 9.32 Å². The molecular formula is C14H22N4O2. The van der Waals surface area contributed by atoms with Crippen LogP contribution in [-0.4, -0.2) is 53.6 Å². The molecule has 2 N–H and O–H groups in total. The van der Waals surface area contributed by atoms with Gasteiger partial charge in [0.05, 0.1) is 17.7 Å². The van der Waals surface area contributed by atoms with E-state index in [-0.39, 0.29) is 11.3 Å². The fraction of sp³-hybridized carbons (Fsp3) is 0.714. The third-order valence-electron chi connectivity index (χ3n) is 4.41. The summed E-state index contributed by atoms with van der Waals surface area (Å²) in [6.07, 6.45) is 1.92. The van der Waals surface area contributed by atoms with Crippen molar-refractivity contribution >= 4 is 5.91 Å². The summed E-state index contributed by atoms with van der Waals surface area (Å²) in [6.45, 7) is 6.51. The van der Waals surface area contributed by atoms with Gasteiger partial charge in [0.1, 0.15) is 0 Å². The highest BCUT2D eigenvalue weighted by Crippen LogP contribution is 2.46. The van der Waals surface area contributed by atoms with Gasteiger partial charge in [-0.1, -0.05) is 5.16 Å². The van der Waals surface area contributed by atoms with Gasteiger partial charge in [-0.15, -0.1) is 0 Å². The predicted molar refractivity (Wildman–Crippen MR) is 73.8 cm³/mol. The zero-order valence-electron chi connectivity index (χ0n) is 12.0. The second-order valence-corrected chi connectivity index (χ2v) is 5.99. The van der Waals surface area contributed by atoms with Crippen LogP contribution in [0.15, 0.2) is 10.6 Å². The van der Waals surface area contributed by atoms with Crippen molar-refractivity contribution in [2.24, 2.45) is 11.1 Å². The number of aromatic nitrogens is 1. The Bertz CT molecular complexity index is 487. The molecule has 2 fully saturated rings. The molecule has 6 heteroatoms. The number of nitrogens with zero attached hydrogens (tertiary/aromatic N) is 3. The van der Waals surface area contributed by atoms with E-state index in [0.717, 1.165) is 57.0 Å². The first-order valence-corrected chi connectivity index (χ1v) is 7.27. The molecule has 110 valence electrons. The predicted octanol–water partition coefficient (Wildman–Crippen LogP) is 0.366. The molecule has 0 unspecified atom stereocenters. The topological polar surface area (TPSA) is 75.6 Å². The third kappa shape index (κ3) is 2.58. The molecule has 0 atom stereocenters. The molecule has 0 bridgehead atoms. The molecule has 1 aliphatic carbocycles. The molecule has 6 nitrogen and oxygen atoms in total. The minimum absolute atomic E-state index is 0.218. The second-order valence-electron chi connectivity index (χ2n) is 5.99. The molecule has 1 aliphatic heterocycles. The second kappa shape index (κ2) is 5.18. The van der Waals surface area contributed by atoms with Crippen molar-refractivity contribution in [3.05, 3.63) is 17.5 Å². The molecule has 1 aromatic heterocycles. The first kappa shape index (κ1) is 13.6. The smallest absolute Gasteiger partial charge is 0.230 e. The Hall–Kier alpha value is -1.40. The van der Waals surface area contributed by atoms with E-state index in [4.69, 9.17) is 10.3 Å². The summed E-state index contributed by atoms with van der Waals surface area (Å²) in [5.74, 6) is 1.15. The molecule has 3 rings (SSSR count). The summed E-state index contributed by atoms with van der Waals surface area (Å²) in [6, 6.07) is 1.96. The lowest BCUT2D eigenvalue weighted by molar-refractivity contribution is -0.138. The molecule has 2 aliphatic rings. The summed E-state index contributed by atoms with van der Waals surface area (Å²) in [5, 5.41) is 3.90. The van der Waals surface area contributed by atoms with Crippen molar-refractivity contribution in [2.45, 2.75) is 26.3 Å². The third-order valence-corrected chi connectivity index (χ3v) is 4.41. The molecule has 1 aromatic rings. The summed E-state index contributed by atoms with van der Waals surface area (Å²) >= 11 is 0. The Morgan fingerprint density at radius 1 is 1.40 bits per heavy atom. The van der Waals surface area contributed by atoms with E-state index in [1.807, 2.05) is 17.9 Å². The minimum atomic E-state index is -0.218. The monoisotopic (exact) mass is 278 g/mol. The number of hydrogen-bond donors (Lipinski definition) is 1. The van der Waals surface area contributed by atoms with Gasteiger partial charge in [-0.3, -0.25) is 9.69 Å². The van der Waals surface area contributed by atoms with Gasteiger partial charge in [-0.2, -0.15) is 0 Å². The van der Waals surface area contributed by atoms with Gasteiger partial charge < -0.3 is 15.2 Å². The summed E-state index contributed by atoms with van der Waals surface area (Å²) in [4.78, 5) is 16.7. The van der Waals surface area contributed by atoms with E-state index in [2.05, 4.69) is 10.1 Å².